The molecule has 0 amide bonds. The summed E-state index contributed by atoms with van der Waals surface area (Å²) in [5.41, 5.74) is 13.1. The molecule has 0 aliphatic carbocycles. The Labute approximate surface area is 294 Å². The first-order chi connectivity index (χ1) is 25.3. The minimum Gasteiger partial charge on any atom is -0.309 e. The highest BCUT2D eigenvalue weighted by Crippen LogP contribution is 2.38. The van der Waals surface area contributed by atoms with Crippen LogP contribution < -0.4 is 0 Å². The second kappa shape index (κ2) is 10.8. The zero-order chi connectivity index (χ0) is 33.5. The van der Waals surface area contributed by atoms with Crippen LogP contribution in [-0.4, -0.2) is 13.7 Å². The lowest BCUT2D eigenvalue weighted by molar-refractivity contribution is 1.16. The second-order valence-corrected chi connectivity index (χ2v) is 13.4. The van der Waals surface area contributed by atoms with Gasteiger partial charge < -0.3 is 13.7 Å². The largest absolute Gasteiger partial charge is 0.309 e. The minimum atomic E-state index is 1.14. The molecule has 11 rings (SSSR count). The molecule has 8 aromatic carbocycles. The van der Waals surface area contributed by atoms with E-state index >= 15 is 0 Å². The molecule has 0 unspecified atom stereocenters. The van der Waals surface area contributed by atoms with Crippen molar-refractivity contribution >= 4 is 65.4 Å². The van der Waals surface area contributed by atoms with Gasteiger partial charge in [0, 0.05) is 49.4 Å². The molecule has 0 atom stereocenters. The quantitative estimate of drug-likeness (QED) is 0.180. The van der Waals surface area contributed by atoms with Gasteiger partial charge in [0.15, 0.2) is 0 Å². The van der Waals surface area contributed by atoms with Gasteiger partial charge in [0.2, 0.25) is 0 Å². The summed E-state index contributed by atoms with van der Waals surface area (Å²) < 4.78 is 7.21. The smallest absolute Gasteiger partial charge is 0.0542 e. The molecule has 0 radical (unpaired) electrons. The van der Waals surface area contributed by atoms with E-state index in [2.05, 4.69) is 202 Å². The van der Waals surface area contributed by atoms with E-state index in [1.165, 1.54) is 82.2 Å². The summed E-state index contributed by atoms with van der Waals surface area (Å²) in [6.45, 7) is 0. The Bertz CT molecular complexity index is 3040. The fourth-order valence-corrected chi connectivity index (χ4v) is 8.43. The van der Waals surface area contributed by atoms with Crippen molar-refractivity contribution in [3.05, 3.63) is 188 Å². The van der Waals surface area contributed by atoms with E-state index < -0.39 is 0 Å². The Hall–Kier alpha value is -6.84. The fraction of sp³-hybridized carbons (Fsp3) is 0. The number of fused-ring (bicyclic) bond motifs is 9. The van der Waals surface area contributed by atoms with E-state index in [9.17, 15) is 0 Å². The molecule has 0 saturated carbocycles. The molecule has 3 aromatic heterocycles. The monoisotopic (exact) mass is 649 g/mol. The van der Waals surface area contributed by atoms with Gasteiger partial charge in [-0.1, -0.05) is 115 Å². The first-order valence-corrected chi connectivity index (χ1v) is 17.5. The molecule has 0 aliphatic rings. The zero-order valence-corrected chi connectivity index (χ0v) is 27.7. The van der Waals surface area contributed by atoms with E-state index in [-0.39, 0.29) is 0 Å². The summed E-state index contributed by atoms with van der Waals surface area (Å²) in [6.07, 6.45) is 0. The van der Waals surface area contributed by atoms with Crippen LogP contribution in [0.5, 0.6) is 0 Å². The van der Waals surface area contributed by atoms with Crippen molar-refractivity contribution in [2.75, 3.05) is 0 Å². The molecular weight excluding hydrogens is 619 g/mol. The normalized spacial score (nSPS) is 11.9. The lowest BCUT2D eigenvalue weighted by Crippen LogP contribution is -1.96. The first kappa shape index (κ1) is 28.0. The standard InChI is InChI=1S/C48H31N3/c1-6-22-43-37(17-1)38-18-2-7-23-44(38)49(43)34-15-11-13-32(29-34)33-14-12-16-35(30-33)50-47-26-10-5-21-41(47)42-31-36(27-28-48(42)50)51-45-24-8-3-19-39(45)40-20-4-9-25-46(40)51/h1-31H. The van der Waals surface area contributed by atoms with Gasteiger partial charge in [0.1, 0.15) is 0 Å². The number of benzene rings is 8. The van der Waals surface area contributed by atoms with Gasteiger partial charge in [0.05, 0.1) is 33.1 Å². The number of nitrogens with zero attached hydrogens (tertiary/aromatic N) is 3. The van der Waals surface area contributed by atoms with Crippen molar-refractivity contribution in [2.45, 2.75) is 0 Å². The number of hydrogen-bond acceptors (Lipinski definition) is 0. The van der Waals surface area contributed by atoms with Crippen LogP contribution in [0.4, 0.5) is 0 Å². The lowest BCUT2D eigenvalue weighted by atomic mass is 10.0. The van der Waals surface area contributed by atoms with Gasteiger partial charge in [-0.3, -0.25) is 0 Å². The summed E-state index contributed by atoms with van der Waals surface area (Å²) in [5.74, 6) is 0. The third kappa shape index (κ3) is 4.12. The van der Waals surface area contributed by atoms with Gasteiger partial charge in [-0.25, -0.2) is 0 Å². The molecule has 3 nitrogen and oxygen atoms in total. The third-order valence-electron chi connectivity index (χ3n) is 10.6. The van der Waals surface area contributed by atoms with Gasteiger partial charge in [-0.05, 0) is 83.9 Å². The maximum Gasteiger partial charge on any atom is 0.0542 e. The molecule has 0 saturated heterocycles. The number of aromatic nitrogens is 3. The maximum atomic E-state index is 2.42. The Kier molecular flexibility index (Phi) is 5.96. The predicted octanol–water partition coefficient (Wildman–Crippen LogP) is 12.6. The van der Waals surface area contributed by atoms with Crippen LogP contribution in [0.2, 0.25) is 0 Å². The van der Waals surface area contributed by atoms with Gasteiger partial charge in [-0.15, -0.1) is 0 Å². The third-order valence-corrected chi connectivity index (χ3v) is 10.6. The number of para-hydroxylation sites is 5. The summed E-state index contributed by atoms with van der Waals surface area (Å²) in [4.78, 5) is 0. The molecule has 0 aliphatic heterocycles. The lowest BCUT2D eigenvalue weighted by Gasteiger charge is -2.13. The van der Waals surface area contributed by atoms with Crippen LogP contribution in [0.15, 0.2) is 188 Å². The van der Waals surface area contributed by atoms with Crippen LogP contribution >= 0.6 is 0 Å². The Balaban J connectivity index is 1.07. The van der Waals surface area contributed by atoms with Crippen molar-refractivity contribution in [3.63, 3.8) is 0 Å². The highest BCUT2D eigenvalue weighted by molar-refractivity contribution is 6.12. The average molecular weight is 650 g/mol. The predicted molar refractivity (Wildman–Crippen MR) is 215 cm³/mol. The summed E-state index contributed by atoms with van der Waals surface area (Å²) in [6, 6.07) is 68.5. The summed E-state index contributed by atoms with van der Waals surface area (Å²) >= 11 is 0. The SMILES string of the molecule is c1cc(-c2cccc(-n3c4ccccc4c4cc(-n5c6ccccc6c6ccccc65)ccc43)c2)cc(-n2c3ccccc3c3ccccc32)c1. The molecule has 11 aromatic rings. The van der Waals surface area contributed by atoms with Gasteiger partial charge >= 0.3 is 0 Å². The summed E-state index contributed by atoms with van der Waals surface area (Å²) in [5, 5.41) is 7.57. The number of hydrogen-bond donors (Lipinski definition) is 0. The molecule has 51 heavy (non-hydrogen) atoms. The van der Waals surface area contributed by atoms with Crippen molar-refractivity contribution < 1.29 is 0 Å². The van der Waals surface area contributed by atoms with Crippen molar-refractivity contribution in [2.24, 2.45) is 0 Å². The van der Waals surface area contributed by atoms with Crippen LogP contribution in [0.3, 0.4) is 0 Å². The Morgan fingerprint density at radius 3 is 0.922 bits per heavy atom. The van der Waals surface area contributed by atoms with E-state index in [0.717, 1.165) is 11.4 Å². The van der Waals surface area contributed by atoms with Crippen LogP contribution in [-0.2, 0) is 0 Å². The van der Waals surface area contributed by atoms with Crippen LogP contribution in [0.1, 0.15) is 0 Å². The van der Waals surface area contributed by atoms with Gasteiger partial charge in [-0.2, -0.15) is 0 Å². The maximum absolute atomic E-state index is 2.42. The fourth-order valence-electron chi connectivity index (χ4n) is 8.43. The summed E-state index contributed by atoms with van der Waals surface area (Å²) in [7, 11) is 0. The highest BCUT2D eigenvalue weighted by atomic mass is 15.0. The van der Waals surface area contributed by atoms with Crippen LogP contribution in [0.25, 0.3) is 93.6 Å². The zero-order valence-electron chi connectivity index (χ0n) is 27.7. The van der Waals surface area contributed by atoms with E-state index in [1.54, 1.807) is 0 Å². The average Bonchev–Trinajstić information content (AvgIpc) is 3.84. The van der Waals surface area contributed by atoms with E-state index in [1.807, 2.05) is 0 Å². The van der Waals surface area contributed by atoms with E-state index in [0.29, 0.717) is 0 Å². The second-order valence-electron chi connectivity index (χ2n) is 13.4. The minimum absolute atomic E-state index is 1.14. The van der Waals surface area contributed by atoms with Crippen LogP contribution in [0, 0.1) is 0 Å². The van der Waals surface area contributed by atoms with Crippen molar-refractivity contribution in [1.82, 2.24) is 13.7 Å². The Morgan fingerprint density at radius 2 is 0.529 bits per heavy atom. The molecule has 0 spiro atoms. The molecular formula is C48H31N3. The topological polar surface area (TPSA) is 14.8 Å². The van der Waals surface area contributed by atoms with Crippen molar-refractivity contribution in [1.29, 1.82) is 0 Å². The number of rotatable bonds is 4. The molecule has 3 heterocycles. The molecule has 3 heteroatoms. The molecule has 0 fully saturated rings. The molecule has 238 valence electrons. The van der Waals surface area contributed by atoms with Gasteiger partial charge in [0.25, 0.3) is 0 Å². The van der Waals surface area contributed by atoms with Crippen molar-refractivity contribution in [3.8, 4) is 28.2 Å². The Morgan fingerprint density at radius 1 is 0.216 bits per heavy atom. The van der Waals surface area contributed by atoms with E-state index in [4.69, 9.17) is 0 Å². The highest BCUT2D eigenvalue weighted by Gasteiger charge is 2.17. The molecule has 0 bridgehead atoms. The molecule has 0 N–H and O–H groups in total. The first-order valence-electron chi connectivity index (χ1n) is 17.5.